The minimum atomic E-state index is 0.0654. The van der Waals surface area contributed by atoms with Gasteiger partial charge in [-0.3, -0.25) is 0 Å². The molecular formula is C12H27NO4. The molecule has 0 saturated heterocycles. The molecule has 5 heteroatoms. The van der Waals surface area contributed by atoms with E-state index in [1.807, 2.05) is 20.8 Å². The predicted octanol–water partition coefficient (Wildman–Crippen LogP) is 0.807. The van der Waals surface area contributed by atoms with Crippen molar-refractivity contribution >= 4 is 0 Å². The summed E-state index contributed by atoms with van der Waals surface area (Å²) in [7, 11) is 1.66. The van der Waals surface area contributed by atoms with Gasteiger partial charge in [0.1, 0.15) is 0 Å². The normalized spacial score (nSPS) is 16.8. The summed E-state index contributed by atoms with van der Waals surface area (Å²) in [5.74, 6) is 0. The van der Waals surface area contributed by atoms with Crippen molar-refractivity contribution in [3.05, 3.63) is 0 Å². The fourth-order valence-corrected chi connectivity index (χ4v) is 1.20. The van der Waals surface area contributed by atoms with Crippen LogP contribution in [0.25, 0.3) is 0 Å². The summed E-state index contributed by atoms with van der Waals surface area (Å²) < 4.78 is 21.3. The van der Waals surface area contributed by atoms with Crippen LogP contribution >= 0.6 is 0 Å². The molecule has 0 saturated carbocycles. The van der Waals surface area contributed by atoms with Gasteiger partial charge < -0.3 is 24.7 Å². The van der Waals surface area contributed by atoms with E-state index in [9.17, 15) is 0 Å². The van der Waals surface area contributed by atoms with E-state index in [1.54, 1.807) is 7.11 Å². The zero-order valence-electron chi connectivity index (χ0n) is 11.5. The zero-order valence-corrected chi connectivity index (χ0v) is 11.5. The Hall–Kier alpha value is -0.200. The molecule has 104 valence electrons. The average molecular weight is 249 g/mol. The fourth-order valence-electron chi connectivity index (χ4n) is 1.20. The van der Waals surface area contributed by atoms with Crippen LogP contribution in [0.2, 0.25) is 0 Å². The Labute approximate surface area is 105 Å². The third-order valence-corrected chi connectivity index (χ3v) is 2.03. The van der Waals surface area contributed by atoms with Crippen molar-refractivity contribution < 1.29 is 18.9 Å². The van der Waals surface area contributed by atoms with Gasteiger partial charge in [0.2, 0.25) is 0 Å². The van der Waals surface area contributed by atoms with Crippen LogP contribution in [0, 0.1) is 0 Å². The number of nitrogens with two attached hydrogens (primary N) is 1. The van der Waals surface area contributed by atoms with Crippen LogP contribution in [0.3, 0.4) is 0 Å². The monoisotopic (exact) mass is 249 g/mol. The maximum atomic E-state index is 5.58. The molecule has 0 rings (SSSR count). The molecule has 0 aliphatic carbocycles. The summed E-state index contributed by atoms with van der Waals surface area (Å²) in [6.45, 7) is 8.73. The summed E-state index contributed by atoms with van der Waals surface area (Å²) in [5.41, 5.74) is 5.58. The lowest BCUT2D eigenvalue weighted by atomic mass is 10.4. The van der Waals surface area contributed by atoms with Crippen LogP contribution in [0.15, 0.2) is 0 Å². The highest BCUT2D eigenvalue weighted by Gasteiger charge is 2.04. The number of methoxy groups -OCH3 is 1. The Morgan fingerprint density at radius 3 is 2.12 bits per heavy atom. The molecule has 0 spiro atoms. The quantitative estimate of drug-likeness (QED) is 0.549. The third kappa shape index (κ3) is 12.1. The van der Waals surface area contributed by atoms with Crippen LogP contribution in [0.4, 0.5) is 0 Å². The molecule has 0 amide bonds. The van der Waals surface area contributed by atoms with E-state index < -0.39 is 0 Å². The molecule has 0 aromatic heterocycles. The van der Waals surface area contributed by atoms with Gasteiger partial charge in [-0.25, -0.2) is 0 Å². The predicted molar refractivity (Wildman–Crippen MR) is 67.2 cm³/mol. The number of hydrogen-bond acceptors (Lipinski definition) is 5. The Kier molecular flexibility index (Phi) is 10.8. The number of ether oxygens (including phenoxy) is 4. The highest BCUT2D eigenvalue weighted by atomic mass is 16.6. The second kappa shape index (κ2) is 10.9. The second-order valence-corrected chi connectivity index (χ2v) is 4.33. The van der Waals surface area contributed by atoms with E-state index in [0.717, 1.165) is 0 Å². The van der Waals surface area contributed by atoms with Gasteiger partial charge in [0.25, 0.3) is 0 Å². The highest BCUT2D eigenvalue weighted by Crippen LogP contribution is 1.95. The number of hydrogen-bond donors (Lipinski definition) is 1. The molecule has 0 aromatic rings. The van der Waals surface area contributed by atoms with Crippen molar-refractivity contribution in [2.45, 2.75) is 39.0 Å². The topological polar surface area (TPSA) is 62.9 Å². The highest BCUT2D eigenvalue weighted by molar-refractivity contribution is 4.53. The first kappa shape index (κ1) is 16.8. The first-order chi connectivity index (χ1) is 8.06. The van der Waals surface area contributed by atoms with Crippen LogP contribution in [-0.2, 0) is 18.9 Å². The molecule has 5 nitrogen and oxygen atoms in total. The molecule has 17 heavy (non-hydrogen) atoms. The van der Waals surface area contributed by atoms with Gasteiger partial charge >= 0.3 is 0 Å². The Morgan fingerprint density at radius 2 is 1.53 bits per heavy atom. The van der Waals surface area contributed by atoms with Gasteiger partial charge in [-0.15, -0.1) is 0 Å². The molecule has 0 fully saturated rings. The van der Waals surface area contributed by atoms with Gasteiger partial charge in [-0.1, -0.05) is 0 Å². The smallest absolute Gasteiger partial charge is 0.0781 e. The lowest BCUT2D eigenvalue weighted by Gasteiger charge is -2.16. The second-order valence-electron chi connectivity index (χ2n) is 4.33. The largest absolute Gasteiger partial charge is 0.382 e. The van der Waals surface area contributed by atoms with E-state index in [2.05, 4.69) is 0 Å². The molecule has 0 aliphatic heterocycles. The zero-order chi connectivity index (χ0) is 13.1. The lowest BCUT2D eigenvalue weighted by Crippen LogP contribution is -2.27. The molecule has 2 N–H and O–H groups in total. The van der Waals surface area contributed by atoms with Crippen molar-refractivity contribution in [3.8, 4) is 0 Å². The van der Waals surface area contributed by atoms with E-state index in [1.165, 1.54) is 0 Å². The van der Waals surface area contributed by atoms with Crippen LogP contribution in [-0.4, -0.2) is 58.4 Å². The van der Waals surface area contributed by atoms with Crippen LogP contribution < -0.4 is 5.73 Å². The van der Waals surface area contributed by atoms with Crippen LogP contribution in [0.1, 0.15) is 20.8 Å². The van der Waals surface area contributed by atoms with Crippen molar-refractivity contribution in [1.29, 1.82) is 0 Å². The summed E-state index contributed by atoms with van der Waals surface area (Å²) in [4.78, 5) is 0. The third-order valence-electron chi connectivity index (χ3n) is 2.03. The van der Waals surface area contributed by atoms with E-state index >= 15 is 0 Å². The molecule has 0 aliphatic rings. The summed E-state index contributed by atoms with van der Waals surface area (Å²) in [6.07, 6.45) is 0.174. The van der Waals surface area contributed by atoms with Gasteiger partial charge in [0.15, 0.2) is 0 Å². The molecule has 0 heterocycles. The first-order valence-corrected chi connectivity index (χ1v) is 6.11. The van der Waals surface area contributed by atoms with E-state index in [0.29, 0.717) is 33.0 Å². The molecule has 0 aromatic carbocycles. The van der Waals surface area contributed by atoms with Crippen molar-refractivity contribution in [2.24, 2.45) is 5.73 Å². The molecular weight excluding hydrogens is 222 g/mol. The van der Waals surface area contributed by atoms with Crippen molar-refractivity contribution in [3.63, 3.8) is 0 Å². The minimum absolute atomic E-state index is 0.0654. The van der Waals surface area contributed by atoms with Gasteiger partial charge in [0, 0.05) is 13.2 Å². The summed E-state index contributed by atoms with van der Waals surface area (Å²) >= 11 is 0. The van der Waals surface area contributed by atoms with Crippen molar-refractivity contribution in [1.82, 2.24) is 0 Å². The first-order valence-electron chi connectivity index (χ1n) is 6.11. The summed E-state index contributed by atoms with van der Waals surface area (Å²) in [5, 5.41) is 0. The molecule has 0 radical (unpaired) electrons. The maximum Gasteiger partial charge on any atom is 0.0781 e. The van der Waals surface area contributed by atoms with E-state index in [-0.39, 0.29) is 18.2 Å². The molecule has 3 unspecified atom stereocenters. The van der Waals surface area contributed by atoms with E-state index in [4.69, 9.17) is 24.7 Å². The molecule has 3 atom stereocenters. The molecule has 0 bridgehead atoms. The van der Waals surface area contributed by atoms with Gasteiger partial charge in [-0.2, -0.15) is 0 Å². The maximum absolute atomic E-state index is 5.58. The fraction of sp³-hybridized carbons (Fsp3) is 1.00. The summed E-state index contributed by atoms with van der Waals surface area (Å²) in [6, 6.07) is 0.0654. The van der Waals surface area contributed by atoms with Crippen LogP contribution in [0.5, 0.6) is 0 Å². The standard InChI is InChI=1S/C12H27NO4/c1-10(13)7-17-12(3)9-15-5-6-16-11(2)8-14-4/h10-12H,5-9,13H2,1-4H3. The Bertz CT molecular complexity index is 167. The Morgan fingerprint density at radius 1 is 0.882 bits per heavy atom. The Balaban J connectivity index is 3.27. The lowest BCUT2D eigenvalue weighted by molar-refractivity contribution is -0.0463. The van der Waals surface area contributed by atoms with Crippen molar-refractivity contribution in [2.75, 3.05) is 40.1 Å². The van der Waals surface area contributed by atoms with Gasteiger partial charge in [-0.05, 0) is 20.8 Å². The number of rotatable bonds is 11. The average Bonchev–Trinajstić information content (AvgIpc) is 2.26. The minimum Gasteiger partial charge on any atom is -0.382 e. The van der Waals surface area contributed by atoms with Gasteiger partial charge in [0.05, 0.1) is 45.2 Å². The SMILES string of the molecule is COCC(C)OCCOCC(C)OCC(C)N.